The van der Waals surface area contributed by atoms with Crippen LogP contribution in [0.1, 0.15) is 29.3 Å². The maximum absolute atomic E-state index is 12.9. The highest BCUT2D eigenvalue weighted by Crippen LogP contribution is 2.33. The molecule has 2 aromatic carbocycles. The molecule has 1 aliphatic rings. The molecule has 2 amide bonds. The van der Waals surface area contributed by atoms with E-state index in [0.29, 0.717) is 22.9 Å². The van der Waals surface area contributed by atoms with E-state index in [1.807, 2.05) is 42.5 Å². The zero-order valence-corrected chi connectivity index (χ0v) is 18.9. The van der Waals surface area contributed by atoms with E-state index in [0.717, 1.165) is 11.1 Å². The number of furan rings is 1. The number of rotatable bonds is 8. The largest absolute Gasteiger partial charge is 0.467 e. The lowest BCUT2D eigenvalue weighted by atomic mass is 10.0. The summed E-state index contributed by atoms with van der Waals surface area (Å²) in [6.07, 6.45) is 2.11. The summed E-state index contributed by atoms with van der Waals surface area (Å²) in [6.45, 7) is -0.845. The first-order valence-electron chi connectivity index (χ1n) is 10.6. The summed E-state index contributed by atoms with van der Waals surface area (Å²) in [6, 6.07) is 19.3. The summed E-state index contributed by atoms with van der Waals surface area (Å²) >= 11 is 5.97. The van der Waals surface area contributed by atoms with Gasteiger partial charge in [-0.1, -0.05) is 54.1 Å². The highest BCUT2D eigenvalue weighted by molar-refractivity contribution is 6.30. The van der Waals surface area contributed by atoms with Crippen molar-refractivity contribution in [2.24, 2.45) is 5.10 Å². The van der Waals surface area contributed by atoms with Crippen molar-refractivity contribution in [3.63, 3.8) is 0 Å². The van der Waals surface area contributed by atoms with E-state index >= 15 is 0 Å². The first-order valence-corrected chi connectivity index (χ1v) is 11.0. The van der Waals surface area contributed by atoms with Crippen LogP contribution in [-0.2, 0) is 25.5 Å². The van der Waals surface area contributed by atoms with Gasteiger partial charge in [-0.15, -0.1) is 0 Å². The molecular formula is C25H22ClN3O5. The van der Waals surface area contributed by atoms with Gasteiger partial charge in [-0.05, 0) is 35.4 Å². The Balaban J connectivity index is 1.33. The average Bonchev–Trinajstić information content (AvgIpc) is 3.52. The van der Waals surface area contributed by atoms with Crippen LogP contribution in [0.5, 0.6) is 0 Å². The van der Waals surface area contributed by atoms with Crippen molar-refractivity contribution in [2.45, 2.75) is 18.9 Å². The number of hydrazone groups is 1. The molecule has 2 heterocycles. The molecule has 0 aliphatic carbocycles. The molecule has 0 radical (unpaired) electrons. The van der Waals surface area contributed by atoms with Gasteiger partial charge in [0.05, 0.1) is 18.4 Å². The number of halogens is 1. The normalized spacial score (nSPS) is 15.0. The van der Waals surface area contributed by atoms with Gasteiger partial charge in [0.2, 0.25) is 5.91 Å². The highest BCUT2D eigenvalue weighted by atomic mass is 35.5. The van der Waals surface area contributed by atoms with Crippen molar-refractivity contribution in [1.29, 1.82) is 0 Å². The van der Waals surface area contributed by atoms with E-state index in [1.54, 1.807) is 24.3 Å². The molecule has 1 aliphatic heterocycles. The van der Waals surface area contributed by atoms with Gasteiger partial charge in [-0.2, -0.15) is 5.10 Å². The van der Waals surface area contributed by atoms with Gasteiger partial charge >= 0.3 is 5.97 Å². The molecule has 4 rings (SSSR count). The molecule has 1 unspecified atom stereocenters. The molecule has 1 atom stereocenters. The van der Waals surface area contributed by atoms with Gasteiger partial charge in [-0.25, -0.2) is 5.01 Å². The number of benzene rings is 2. The average molecular weight is 480 g/mol. The van der Waals surface area contributed by atoms with E-state index in [1.165, 1.54) is 11.3 Å². The summed E-state index contributed by atoms with van der Waals surface area (Å²) in [7, 11) is 0. The second-order valence-electron chi connectivity index (χ2n) is 7.63. The Morgan fingerprint density at radius 2 is 1.82 bits per heavy atom. The summed E-state index contributed by atoms with van der Waals surface area (Å²) < 4.78 is 10.6. The lowest BCUT2D eigenvalue weighted by Gasteiger charge is -2.19. The monoisotopic (exact) mass is 479 g/mol. The standard InChI is InChI=1S/C25H22ClN3O5/c26-19-10-8-18(9-11-19)20-14-21(22-7-4-12-33-22)29(28-20)24(31)16-34-25(32)15-27-23(30)13-17-5-2-1-3-6-17/h1-12,21H,13-16H2,(H,27,30). The molecule has 1 aromatic heterocycles. The smallest absolute Gasteiger partial charge is 0.325 e. The van der Waals surface area contributed by atoms with Gasteiger partial charge < -0.3 is 14.5 Å². The summed E-state index contributed by atoms with van der Waals surface area (Å²) in [5.41, 5.74) is 2.34. The number of hydrogen-bond acceptors (Lipinski definition) is 6. The molecule has 8 nitrogen and oxygen atoms in total. The number of carbonyl (C=O) groups excluding carboxylic acids is 3. The van der Waals surface area contributed by atoms with Crippen LogP contribution in [0, 0.1) is 0 Å². The molecular weight excluding hydrogens is 458 g/mol. The van der Waals surface area contributed by atoms with Gasteiger partial charge in [0, 0.05) is 11.4 Å². The molecule has 0 saturated carbocycles. The number of esters is 1. The van der Waals surface area contributed by atoms with E-state index in [4.69, 9.17) is 20.8 Å². The van der Waals surface area contributed by atoms with Crippen molar-refractivity contribution in [2.75, 3.05) is 13.2 Å². The molecule has 3 aromatic rings. The second-order valence-corrected chi connectivity index (χ2v) is 8.06. The van der Waals surface area contributed by atoms with E-state index in [9.17, 15) is 14.4 Å². The summed E-state index contributed by atoms with van der Waals surface area (Å²) in [5, 5.41) is 8.82. The van der Waals surface area contributed by atoms with Gasteiger partial charge in [0.1, 0.15) is 18.3 Å². The highest BCUT2D eigenvalue weighted by Gasteiger charge is 2.35. The number of hydrogen-bond donors (Lipinski definition) is 1. The van der Waals surface area contributed by atoms with Crippen molar-refractivity contribution in [1.82, 2.24) is 10.3 Å². The summed E-state index contributed by atoms with van der Waals surface area (Å²) in [4.78, 5) is 36.9. The number of nitrogens with zero attached hydrogens (tertiary/aromatic N) is 2. The van der Waals surface area contributed by atoms with Crippen LogP contribution in [0.3, 0.4) is 0 Å². The molecule has 0 fully saturated rings. The van der Waals surface area contributed by atoms with E-state index < -0.39 is 24.5 Å². The maximum Gasteiger partial charge on any atom is 0.325 e. The fraction of sp³-hybridized carbons (Fsp3) is 0.200. The van der Waals surface area contributed by atoms with E-state index in [-0.39, 0.29) is 18.9 Å². The van der Waals surface area contributed by atoms with Crippen molar-refractivity contribution >= 4 is 35.1 Å². The Morgan fingerprint density at radius 1 is 1.06 bits per heavy atom. The molecule has 174 valence electrons. The van der Waals surface area contributed by atoms with Gasteiger partial charge in [0.25, 0.3) is 5.91 Å². The van der Waals surface area contributed by atoms with Crippen LogP contribution in [0.25, 0.3) is 0 Å². The molecule has 0 spiro atoms. The lowest BCUT2D eigenvalue weighted by molar-refractivity contribution is -0.152. The quantitative estimate of drug-likeness (QED) is 0.498. The molecule has 0 saturated heterocycles. The molecule has 1 N–H and O–H groups in total. The van der Waals surface area contributed by atoms with Crippen molar-refractivity contribution in [3.05, 3.63) is 94.9 Å². The number of amides is 2. The zero-order chi connectivity index (χ0) is 23.9. The molecule has 9 heteroatoms. The third kappa shape index (κ3) is 5.90. The SMILES string of the molecule is O=C(Cc1ccccc1)NCC(=O)OCC(=O)N1N=C(c2ccc(Cl)cc2)CC1c1ccco1. The minimum absolute atomic E-state index is 0.147. The van der Waals surface area contributed by atoms with Gasteiger partial charge in [0.15, 0.2) is 6.61 Å². The Kier molecular flexibility index (Phi) is 7.39. The minimum Gasteiger partial charge on any atom is -0.467 e. The van der Waals surface area contributed by atoms with Crippen LogP contribution in [0.15, 0.2) is 82.5 Å². The Bertz CT molecular complexity index is 1180. The van der Waals surface area contributed by atoms with Crippen LogP contribution in [0.4, 0.5) is 0 Å². The third-order valence-electron chi connectivity index (χ3n) is 5.21. The van der Waals surface area contributed by atoms with Crippen molar-refractivity contribution in [3.8, 4) is 0 Å². The first kappa shape index (κ1) is 23.3. The first-order chi connectivity index (χ1) is 16.5. The number of ether oxygens (including phenoxy) is 1. The second kappa shape index (κ2) is 10.8. The minimum atomic E-state index is -0.717. The predicted octanol–water partition coefficient (Wildman–Crippen LogP) is 3.51. The van der Waals surface area contributed by atoms with E-state index in [2.05, 4.69) is 10.4 Å². The fourth-order valence-electron chi connectivity index (χ4n) is 3.53. The molecule has 34 heavy (non-hydrogen) atoms. The van der Waals surface area contributed by atoms with Crippen LogP contribution < -0.4 is 5.32 Å². The number of nitrogens with one attached hydrogen (secondary N) is 1. The Labute approximate surface area is 201 Å². The summed E-state index contributed by atoms with van der Waals surface area (Å²) in [5.74, 6) is -0.968. The zero-order valence-electron chi connectivity index (χ0n) is 18.1. The van der Waals surface area contributed by atoms with Crippen molar-refractivity contribution < 1.29 is 23.5 Å². The fourth-order valence-corrected chi connectivity index (χ4v) is 3.66. The number of carbonyl (C=O) groups is 3. The Hall–Kier alpha value is -3.91. The lowest BCUT2D eigenvalue weighted by Crippen LogP contribution is -2.35. The molecule has 0 bridgehead atoms. The topological polar surface area (TPSA) is 101 Å². The van der Waals surface area contributed by atoms with Gasteiger partial charge in [-0.3, -0.25) is 14.4 Å². The van der Waals surface area contributed by atoms with Crippen LogP contribution >= 0.6 is 11.6 Å². The maximum atomic E-state index is 12.9. The third-order valence-corrected chi connectivity index (χ3v) is 5.46. The van der Waals surface area contributed by atoms with Crippen LogP contribution in [0.2, 0.25) is 5.02 Å². The van der Waals surface area contributed by atoms with Crippen LogP contribution in [-0.4, -0.2) is 41.7 Å². The Morgan fingerprint density at radius 3 is 2.53 bits per heavy atom. The predicted molar refractivity (Wildman–Crippen MR) is 125 cm³/mol.